The van der Waals surface area contributed by atoms with E-state index in [2.05, 4.69) is 5.16 Å². The molecule has 1 aromatic rings. The third-order valence-electron chi connectivity index (χ3n) is 1.73. The number of nitrogens with zero attached hydrogens (tertiary/aromatic N) is 1. The highest BCUT2D eigenvalue weighted by atomic mass is 35.5. The summed E-state index contributed by atoms with van der Waals surface area (Å²) in [6.45, 7) is 0. The van der Waals surface area contributed by atoms with Crippen LogP contribution >= 0.6 is 11.6 Å². The lowest BCUT2D eigenvalue weighted by Crippen LogP contribution is -2.22. The molecule has 0 unspecified atom stereocenters. The number of alkyl halides is 3. The second-order valence-electron chi connectivity index (χ2n) is 2.67. The molecule has 0 aliphatic heterocycles. The summed E-state index contributed by atoms with van der Waals surface area (Å²) in [7, 11) is 1.45. The Bertz CT molecular complexity index is 359. The van der Waals surface area contributed by atoms with Gasteiger partial charge in [-0.15, -0.1) is 0 Å². The van der Waals surface area contributed by atoms with Crippen LogP contribution in [0.4, 0.5) is 8.78 Å². The van der Waals surface area contributed by atoms with E-state index in [-0.39, 0.29) is 5.56 Å². The highest BCUT2D eigenvalue weighted by Gasteiger charge is 2.34. The molecule has 0 heterocycles. The van der Waals surface area contributed by atoms with E-state index in [4.69, 9.17) is 21.5 Å². The number of rotatable bonds is 3. The Morgan fingerprint density at radius 2 is 1.93 bits per heavy atom. The lowest BCUT2D eigenvalue weighted by Gasteiger charge is -2.10. The van der Waals surface area contributed by atoms with Gasteiger partial charge in [0.1, 0.15) is 5.75 Å². The molecule has 0 fully saturated rings. The Kier molecular flexibility index (Phi) is 3.47. The second-order valence-corrected chi connectivity index (χ2v) is 3.15. The minimum atomic E-state index is -3.71. The second kappa shape index (κ2) is 4.44. The van der Waals surface area contributed by atoms with Gasteiger partial charge < -0.3 is 9.94 Å². The van der Waals surface area contributed by atoms with Gasteiger partial charge >= 0.3 is 5.38 Å². The maximum absolute atomic E-state index is 12.7. The van der Waals surface area contributed by atoms with Gasteiger partial charge in [-0.05, 0) is 35.9 Å². The van der Waals surface area contributed by atoms with Crippen LogP contribution in [0.1, 0.15) is 5.56 Å². The van der Waals surface area contributed by atoms with Crippen molar-refractivity contribution in [2.24, 2.45) is 5.16 Å². The third kappa shape index (κ3) is 2.79. The van der Waals surface area contributed by atoms with Gasteiger partial charge in [0.2, 0.25) is 0 Å². The Morgan fingerprint density at radius 1 is 1.40 bits per heavy atom. The molecule has 0 amide bonds. The standard InChI is InChI=1S/C9H8ClF2NO2/c1-15-7-4-2-6(3-5-7)8(13-14)9(10,11)12/h2-5,14H,1H3. The highest BCUT2D eigenvalue weighted by Crippen LogP contribution is 2.26. The minimum Gasteiger partial charge on any atom is -0.497 e. The van der Waals surface area contributed by atoms with E-state index >= 15 is 0 Å². The van der Waals surface area contributed by atoms with Crippen LogP contribution in [0.5, 0.6) is 5.75 Å². The van der Waals surface area contributed by atoms with Crippen molar-refractivity contribution in [1.29, 1.82) is 0 Å². The number of hydrogen-bond acceptors (Lipinski definition) is 3. The first-order valence-corrected chi connectivity index (χ1v) is 4.30. The molecule has 0 saturated heterocycles. The van der Waals surface area contributed by atoms with E-state index in [1.807, 2.05) is 0 Å². The molecule has 1 N–H and O–H groups in total. The molecule has 0 saturated carbocycles. The van der Waals surface area contributed by atoms with Gasteiger partial charge in [-0.3, -0.25) is 0 Å². The number of methoxy groups -OCH3 is 1. The maximum atomic E-state index is 12.7. The highest BCUT2D eigenvalue weighted by molar-refractivity contribution is 6.36. The van der Waals surface area contributed by atoms with Gasteiger partial charge in [0.05, 0.1) is 7.11 Å². The molecule has 3 nitrogen and oxygen atoms in total. The maximum Gasteiger partial charge on any atom is 0.368 e. The molecule has 6 heteroatoms. The summed E-state index contributed by atoms with van der Waals surface area (Å²) in [4.78, 5) is 0. The van der Waals surface area contributed by atoms with Crippen LogP contribution in [-0.4, -0.2) is 23.4 Å². The van der Waals surface area contributed by atoms with E-state index in [9.17, 15) is 8.78 Å². The van der Waals surface area contributed by atoms with Crippen LogP contribution in [0.2, 0.25) is 0 Å². The minimum absolute atomic E-state index is 0.0262. The molecule has 1 aromatic carbocycles. The Balaban J connectivity index is 3.05. The molecule has 0 aromatic heterocycles. The van der Waals surface area contributed by atoms with Gasteiger partial charge in [0.15, 0.2) is 5.71 Å². The first-order valence-electron chi connectivity index (χ1n) is 3.92. The van der Waals surface area contributed by atoms with Crippen LogP contribution in [-0.2, 0) is 0 Å². The van der Waals surface area contributed by atoms with Crippen LogP contribution in [0.25, 0.3) is 0 Å². The van der Waals surface area contributed by atoms with Gasteiger partial charge in [-0.2, -0.15) is 8.78 Å². The van der Waals surface area contributed by atoms with E-state index in [1.165, 1.54) is 31.4 Å². The molecule has 1 rings (SSSR count). The predicted molar refractivity (Wildman–Crippen MR) is 52.1 cm³/mol. The van der Waals surface area contributed by atoms with Crippen molar-refractivity contribution in [3.8, 4) is 5.75 Å². The van der Waals surface area contributed by atoms with Crippen molar-refractivity contribution in [3.05, 3.63) is 29.8 Å². The molecular weight excluding hydrogens is 228 g/mol. The van der Waals surface area contributed by atoms with Crippen LogP contribution in [0.3, 0.4) is 0 Å². The van der Waals surface area contributed by atoms with E-state index < -0.39 is 11.1 Å². The number of halogens is 3. The summed E-state index contributed by atoms with van der Waals surface area (Å²) in [5.74, 6) is 0.508. The number of hydrogen-bond donors (Lipinski definition) is 1. The fraction of sp³-hybridized carbons (Fsp3) is 0.222. The summed E-state index contributed by atoms with van der Waals surface area (Å²) >= 11 is 4.75. The fourth-order valence-corrected chi connectivity index (χ4v) is 1.17. The van der Waals surface area contributed by atoms with E-state index in [0.29, 0.717) is 5.75 Å². The topological polar surface area (TPSA) is 41.8 Å². The summed E-state index contributed by atoms with van der Waals surface area (Å²) in [5.41, 5.74) is -0.870. The summed E-state index contributed by atoms with van der Waals surface area (Å²) in [6.07, 6.45) is 0. The fourth-order valence-electron chi connectivity index (χ4n) is 1.03. The molecule has 15 heavy (non-hydrogen) atoms. The Morgan fingerprint density at radius 3 is 2.27 bits per heavy atom. The molecule has 0 aliphatic carbocycles. The smallest absolute Gasteiger partial charge is 0.368 e. The van der Waals surface area contributed by atoms with Crippen molar-refractivity contribution in [1.82, 2.24) is 0 Å². The van der Waals surface area contributed by atoms with Crippen molar-refractivity contribution in [3.63, 3.8) is 0 Å². The van der Waals surface area contributed by atoms with Crippen molar-refractivity contribution in [2.75, 3.05) is 7.11 Å². The van der Waals surface area contributed by atoms with Gasteiger partial charge in [0, 0.05) is 5.56 Å². The largest absolute Gasteiger partial charge is 0.497 e. The lowest BCUT2D eigenvalue weighted by atomic mass is 10.1. The average molecular weight is 236 g/mol. The summed E-state index contributed by atoms with van der Waals surface area (Å²) in [5, 5.41) is 7.21. The summed E-state index contributed by atoms with van der Waals surface area (Å²) < 4.78 is 30.2. The SMILES string of the molecule is COc1ccc(C(=NO)C(F)(F)Cl)cc1. The summed E-state index contributed by atoms with van der Waals surface area (Å²) in [6, 6.07) is 5.57. The average Bonchev–Trinajstić information content (AvgIpc) is 2.18. The number of benzene rings is 1. The lowest BCUT2D eigenvalue weighted by molar-refractivity contribution is 0.168. The molecule has 0 atom stereocenters. The number of ether oxygens (including phenoxy) is 1. The zero-order valence-electron chi connectivity index (χ0n) is 7.75. The molecular formula is C9H8ClF2NO2. The van der Waals surface area contributed by atoms with Crippen molar-refractivity contribution < 1.29 is 18.7 Å². The van der Waals surface area contributed by atoms with Crippen LogP contribution in [0.15, 0.2) is 29.4 Å². The predicted octanol–water partition coefficient (Wildman–Crippen LogP) is 2.71. The zero-order chi connectivity index (χ0) is 11.5. The van der Waals surface area contributed by atoms with Gasteiger partial charge in [-0.1, -0.05) is 5.16 Å². The van der Waals surface area contributed by atoms with Gasteiger partial charge in [0.25, 0.3) is 0 Å². The first kappa shape index (κ1) is 11.7. The Hall–Kier alpha value is -1.36. The quantitative estimate of drug-likeness (QED) is 0.379. The molecule has 0 aliphatic rings. The molecule has 0 radical (unpaired) electrons. The van der Waals surface area contributed by atoms with E-state index in [0.717, 1.165) is 0 Å². The normalized spacial score (nSPS) is 12.7. The molecule has 0 bridgehead atoms. The third-order valence-corrected chi connectivity index (χ3v) is 1.91. The van der Waals surface area contributed by atoms with Crippen molar-refractivity contribution in [2.45, 2.75) is 5.38 Å². The van der Waals surface area contributed by atoms with Crippen LogP contribution in [0, 0.1) is 0 Å². The zero-order valence-corrected chi connectivity index (χ0v) is 8.50. The first-order chi connectivity index (χ1) is 6.99. The Labute approximate surface area is 89.9 Å². The molecule has 82 valence electrons. The van der Waals surface area contributed by atoms with Crippen molar-refractivity contribution >= 4 is 17.3 Å². The monoisotopic (exact) mass is 235 g/mol. The number of oxime groups is 1. The molecule has 0 spiro atoms. The van der Waals surface area contributed by atoms with Crippen LogP contribution < -0.4 is 4.74 Å². The van der Waals surface area contributed by atoms with E-state index in [1.54, 1.807) is 0 Å². The van der Waals surface area contributed by atoms with Gasteiger partial charge in [-0.25, -0.2) is 0 Å².